The minimum atomic E-state index is 0. The predicted octanol–water partition coefficient (Wildman–Crippen LogP) is 2.75. The van der Waals surface area contributed by atoms with Gasteiger partial charge in [-0.05, 0) is 37.8 Å². The Morgan fingerprint density at radius 1 is 1.21 bits per heavy atom. The summed E-state index contributed by atoms with van der Waals surface area (Å²) in [5.74, 6) is 2.36. The van der Waals surface area contributed by atoms with Gasteiger partial charge in [-0.2, -0.15) is 0 Å². The van der Waals surface area contributed by atoms with Crippen LogP contribution in [0.25, 0.3) is 0 Å². The van der Waals surface area contributed by atoms with Crippen molar-refractivity contribution in [1.82, 2.24) is 10.6 Å². The number of guanidine groups is 1. The lowest BCUT2D eigenvalue weighted by Gasteiger charge is -2.19. The van der Waals surface area contributed by atoms with Crippen molar-refractivity contribution in [3.05, 3.63) is 24.3 Å². The van der Waals surface area contributed by atoms with E-state index in [1.54, 1.807) is 14.2 Å². The van der Waals surface area contributed by atoms with Crippen LogP contribution in [0.3, 0.4) is 0 Å². The molecular formula is C21H37IN4O3. The first-order valence-corrected chi connectivity index (χ1v) is 10.2. The fourth-order valence-corrected chi connectivity index (χ4v) is 3.21. The molecule has 1 saturated heterocycles. The van der Waals surface area contributed by atoms with E-state index in [1.165, 1.54) is 5.69 Å². The molecule has 0 aromatic heterocycles. The van der Waals surface area contributed by atoms with Gasteiger partial charge in [0.05, 0.1) is 20.3 Å². The predicted molar refractivity (Wildman–Crippen MR) is 130 cm³/mol. The smallest absolute Gasteiger partial charge is 0.191 e. The summed E-state index contributed by atoms with van der Waals surface area (Å²) in [6.45, 7) is 8.75. The molecule has 1 atom stereocenters. The van der Waals surface area contributed by atoms with Gasteiger partial charge in [0.15, 0.2) is 5.96 Å². The van der Waals surface area contributed by atoms with Gasteiger partial charge >= 0.3 is 0 Å². The maximum absolute atomic E-state index is 5.49. The Hall–Kier alpha value is -1.26. The number of aliphatic imine (C=N–C) groups is 1. The number of nitrogens with one attached hydrogen (secondary N) is 2. The van der Waals surface area contributed by atoms with Gasteiger partial charge in [-0.25, -0.2) is 0 Å². The fraction of sp³-hybridized carbons (Fsp3) is 0.667. The van der Waals surface area contributed by atoms with Crippen LogP contribution in [-0.2, 0) is 9.47 Å². The third-order valence-corrected chi connectivity index (χ3v) is 4.75. The number of nitrogens with zero attached hydrogens (tertiary/aromatic N) is 2. The molecule has 0 amide bonds. The van der Waals surface area contributed by atoms with Crippen LogP contribution in [0.15, 0.2) is 29.3 Å². The van der Waals surface area contributed by atoms with E-state index in [0.717, 1.165) is 63.9 Å². The van der Waals surface area contributed by atoms with Crippen LogP contribution in [0.1, 0.15) is 19.8 Å². The van der Waals surface area contributed by atoms with E-state index in [1.807, 2.05) is 12.1 Å². The second kappa shape index (κ2) is 15.6. The van der Waals surface area contributed by atoms with Gasteiger partial charge in [-0.1, -0.05) is 6.07 Å². The van der Waals surface area contributed by atoms with Crippen molar-refractivity contribution >= 4 is 35.6 Å². The van der Waals surface area contributed by atoms with Crippen molar-refractivity contribution in [3.8, 4) is 5.75 Å². The Labute approximate surface area is 192 Å². The molecular weight excluding hydrogens is 483 g/mol. The van der Waals surface area contributed by atoms with Gasteiger partial charge in [0.25, 0.3) is 0 Å². The molecule has 0 aliphatic carbocycles. The molecule has 1 unspecified atom stereocenters. The lowest BCUT2D eigenvalue weighted by atomic mass is 10.1. The summed E-state index contributed by atoms with van der Waals surface area (Å²) < 4.78 is 15.8. The molecule has 7 nitrogen and oxygen atoms in total. The number of rotatable bonds is 12. The summed E-state index contributed by atoms with van der Waals surface area (Å²) in [6.07, 6.45) is 2.11. The Bertz CT molecular complexity index is 589. The van der Waals surface area contributed by atoms with E-state index in [-0.39, 0.29) is 24.0 Å². The molecule has 1 heterocycles. The van der Waals surface area contributed by atoms with Crippen LogP contribution in [-0.4, -0.2) is 72.7 Å². The monoisotopic (exact) mass is 520 g/mol. The Kier molecular flexibility index (Phi) is 13.8. The van der Waals surface area contributed by atoms with Crippen LogP contribution in [0.5, 0.6) is 5.75 Å². The minimum Gasteiger partial charge on any atom is -0.497 e. The van der Waals surface area contributed by atoms with Crippen molar-refractivity contribution < 1.29 is 14.2 Å². The summed E-state index contributed by atoms with van der Waals surface area (Å²) in [5.41, 5.74) is 1.23. The first-order valence-electron chi connectivity index (χ1n) is 10.2. The number of methoxy groups -OCH3 is 2. The van der Waals surface area contributed by atoms with Crippen LogP contribution < -0.4 is 20.3 Å². The number of hydrogen-bond acceptors (Lipinski definition) is 5. The average molecular weight is 520 g/mol. The molecule has 1 aromatic rings. The van der Waals surface area contributed by atoms with E-state index in [4.69, 9.17) is 19.2 Å². The largest absolute Gasteiger partial charge is 0.497 e. The zero-order chi connectivity index (χ0) is 20.0. The molecule has 1 aliphatic rings. The normalized spacial score (nSPS) is 16.4. The molecule has 0 saturated carbocycles. The lowest BCUT2D eigenvalue weighted by molar-refractivity contribution is 0.0698. The van der Waals surface area contributed by atoms with E-state index in [9.17, 15) is 0 Å². The molecule has 29 heavy (non-hydrogen) atoms. The van der Waals surface area contributed by atoms with Crippen LogP contribution in [0.4, 0.5) is 5.69 Å². The van der Waals surface area contributed by atoms with Crippen LogP contribution >= 0.6 is 24.0 Å². The van der Waals surface area contributed by atoms with Crippen molar-refractivity contribution in [2.45, 2.75) is 19.8 Å². The molecule has 166 valence electrons. The molecule has 0 radical (unpaired) electrons. The highest BCUT2D eigenvalue weighted by Crippen LogP contribution is 2.26. The summed E-state index contributed by atoms with van der Waals surface area (Å²) in [6, 6.07) is 8.28. The maximum atomic E-state index is 5.49. The SMILES string of the molecule is CCNC(=NCC1CCN(c2cccc(OC)c2)C1)NCCCOCCOC.I. The van der Waals surface area contributed by atoms with Gasteiger partial charge in [0.1, 0.15) is 5.75 Å². The van der Waals surface area contributed by atoms with Crippen molar-refractivity contribution in [2.24, 2.45) is 10.9 Å². The standard InChI is InChI=1S/C21H36N4O3.HI/c1-4-22-21(23-10-6-12-28-14-13-26-2)24-16-18-9-11-25(17-18)19-7-5-8-20(15-19)27-3;/h5,7-8,15,18H,4,6,9-14,16-17H2,1-3H3,(H2,22,23,24);1H. The first kappa shape index (κ1) is 25.8. The summed E-state index contributed by atoms with van der Waals surface area (Å²) >= 11 is 0. The Morgan fingerprint density at radius 2 is 2.07 bits per heavy atom. The van der Waals surface area contributed by atoms with Crippen molar-refractivity contribution in [2.75, 3.05) is 71.7 Å². The molecule has 8 heteroatoms. The maximum Gasteiger partial charge on any atom is 0.191 e. The fourth-order valence-electron chi connectivity index (χ4n) is 3.21. The average Bonchev–Trinajstić information content (AvgIpc) is 3.20. The number of anilines is 1. The molecule has 1 aliphatic heterocycles. The topological polar surface area (TPSA) is 67.4 Å². The quantitative estimate of drug-likeness (QED) is 0.191. The second-order valence-corrected chi connectivity index (χ2v) is 6.91. The lowest BCUT2D eigenvalue weighted by Crippen LogP contribution is -2.38. The number of hydrogen-bond donors (Lipinski definition) is 2. The zero-order valence-electron chi connectivity index (χ0n) is 18.0. The summed E-state index contributed by atoms with van der Waals surface area (Å²) in [5, 5.41) is 6.71. The molecule has 1 fully saturated rings. The summed E-state index contributed by atoms with van der Waals surface area (Å²) in [4.78, 5) is 7.20. The first-order chi connectivity index (χ1) is 13.8. The molecule has 0 spiro atoms. The van der Waals surface area contributed by atoms with Crippen LogP contribution in [0, 0.1) is 5.92 Å². The molecule has 1 aromatic carbocycles. The van der Waals surface area contributed by atoms with E-state index in [0.29, 0.717) is 19.1 Å². The van der Waals surface area contributed by atoms with Gasteiger partial charge in [0.2, 0.25) is 0 Å². The van der Waals surface area contributed by atoms with Crippen molar-refractivity contribution in [3.63, 3.8) is 0 Å². The highest BCUT2D eigenvalue weighted by Gasteiger charge is 2.22. The van der Waals surface area contributed by atoms with Crippen LogP contribution in [0.2, 0.25) is 0 Å². The zero-order valence-corrected chi connectivity index (χ0v) is 20.3. The number of benzene rings is 1. The van der Waals surface area contributed by atoms with Gasteiger partial charge in [-0.3, -0.25) is 4.99 Å². The molecule has 2 rings (SSSR count). The molecule has 0 bridgehead atoms. The van der Waals surface area contributed by atoms with Crippen molar-refractivity contribution in [1.29, 1.82) is 0 Å². The third kappa shape index (κ3) is 9.86. The Balaban J connectivity index is 0.00000420. The highest BCUT2D eigenvalue weighted by atomic mass is 127. The van der Waals surface area contributed by atoms with E-state index >= 15 is 0 Å². The van der Waals surface area contributed by atoms with E-state index in [2.05, 4.69) is 34.6 Å². The summed E-state index contributed by atoms with van der Waals surface area (Å²) in [7, 11) is 3.39. The minimum absolute atomic E-state index is 0. The van der Waals surface area contributed by atoms with Gasteiger partial charge in [0, 0.05) is 58.2 Å². The van der Waals surface area contributed by atoms with E-state index < -0.39 is 0 Å². The Morgan fingerprint density at radius 3 is 2.83 bits per heavy atom. The van der Waals surface area contributed by atoms with Gasteiger partial charge in [-0.15, -0.1) is 24.0 Å². The molecule has 2 N–H and O–H groups in total. The van der Waals surface area contributed by atoms with Gasteiger partial charge < -0.3 is 29.7 Å². The second-order valence-electron chi connectivity index (χ2n) is 6.91. The third-order valence-electron chi connectivity index (χ3n) is 4.75. The number of halogens is 1. The highest BCUT2D eigenvalue weighted by molar-refractivity contribution is 14.0. The number of ether oxygens (including phenoxy) is 3.